The Labute approximate surface area is 268 Å². The molecule has 0 saturated carbocycles. The summed E-state index contributed by atoms with van der Waals surface area (Å²) in [6.07, 6.45) is 3.45. The molecule has 0 fully saturated rings. The Morgan fingerprint density at radius 1 is 0.674 bits per heavy atom. The second kappa shape index (κ2) is 21.4. The highest BCUT2D eigenvalue weighted by Crippen LogP contribution is 2.24. The summed E-state index contributed by atoms with van der Waals surface area (Å²) in [5.41, 5.74) is 1.50. The first-order valence-corrected chi connectivity index (χ1v) is 13.3. The van der Waals surface area contributed by atoms with Crippen molar-refractivity contribution in [2.24, 2.45) is 0 Å². The van der Waals surface area contributed by atoms with Gasteiger partial charge in [-0.1, -0.05) is 7.43 Å². The summed E-state index contributed by atoms with van der Waals surface area (Å²) in [4.78, 5) is 47.2. The molecule has 0 N–H and O–H groups in total. The van der Waals surface area contributed by atoms with Crippen molar-refractivity contribution in [1.29, 1.82) is 21.0 Å². The first-order chi connectivity index (χ1) is 21.6. The van der Waals surface area contributed by atoms with Crippen LogP contribution in [0.15, 0.2) is 47.5 Å². The van der Waals surface area contributed by atoms with Gasteiger partial charge in [0.15, 0.2) is 11.6 Å². The van der Waals surface area contributed by atoms with Crippen molar-refractivity contribution in [3.63, 3.8) is 0 Å². The zero-order valence-corrected chi connectivity index (χ0v) is 25.2. The second-order valence-electron chi connectivity index (χ2n) is 8.81. The molecular formula is C34H34N4O8. The molecule has 0 atom stereocenters. The summed E-state index contributed by atoms with van der Waals surface area (Å²) in [5.74, 6) is -1.71. The van der Waals surface area contributed by atoms with Crippen molar-refractivity contribution in [3.8, 4) is 35.8 Å². The van der Waals surface area contributed by atoms with Crippen LogP contribution in [0.3, 0.4) is 0 Å². The normalized spacial score (nSPS) is 10.1. The number of hydrogen-bond donors (Lipinski definition) is 0. The molecule has 46 heavy (non-hydrogen) atoms. The van der Waals surface area contributed by atoms with Crippen LogP contribution in [0.5, 0.6) is 11.5 Å². The Balaban J connectivity index is 0.000000862. The lowest BCUT2D eigenvalue weighted by atomic mass is 10.1. The number of Topliss-reactive ketones (excluding diaryl/α,β-unsaturated/α-hetero) is 2. The first-order valence-electron chi connectivity index (χ1n) is 13.3. The van der Waals surface area contributed by atoms with Gasteiger partial charge in [0, 0.05) is 17.5 Å². The van der Waals surface area contributed by atoms with Gasteiger partial charge in [0.1, 0.15) is 29.3 Å². The van der Waals surface area contributed by atoms with Crippen molar-refractivity contribution < 1.29 is 38.1 Å². The summed E-state index contributed by atoms with van der Waals surface area (Å²) in [7, 11) is 2.86. The number of unbranched alkanes of at least 4 members (excludes halogenated alkanes) is 1. The highest BCUT2D eigenvalue weighted by atomic mass is 16.5. The fourth-order valence-electron chi connectivity index (χ4n) is 3.38. The molecule has 0 saturated heterocycles. The molecule has 0 radical (unpaired) electrons. The molecule has 0 unspecified atom stereocenters. The molecular weight excluding hydrogens is 592 g/mol. The summed E-state index contributed by atoms with van der Waals surface area (Å²) >= 11 is 0. The Bertz CT molecular complexity index is 1650. The Morgan fingerprint density at radius 3 is 1.43 bits per heavy atom. The summed E-state index contributed by atoms with van der Waals surface area (Å²) in [5, 5.41) is 34.6. The first kappa shape index (κ1) is 39.8. The monoisotopic (exact) mass is 626 g/mol. The average Bonchev–Trinajstić information content (AvgIpc) is 3.04. The molecule has 2 aromatic rings. The standard InChI is InChI=1S/C17H16N2O4.C16H14N2O4.CH4/c1-12(20)15(17(21)23-8-4-3-7-18)10-14-6-5-13(11-19)9-16(14)22-2;1-11(19)14(16(20)22-7-3-6-17)9-13-5-4-12(10-18)8-15(13)21-2;/h5-6,9-10H,3-4,8H2,1-2H3;4-5,8-9H,3,7H2,1-2H3;1H4/b15-10-;14-9+;. The van der Waals surface area contributed by atoms with Crippen molar-refractivity contribution in [3.05, 3.63) is 69.8 Å². The largest absolute Gasteiger partial charge is 0.496 e. The molecule has 12 heteroatoms. The number of carbonyl (C=O) groups excluding carboxylic acids is 4. The van der Waals surface area contributed by atoms with Gasteiger partial charge in [0.2, 0.25) is 0 Å². The minimum Gasteiger partial charge on any atom is -0.496 e. The lowest BCUT2D eigenvalue weighted by Crippen LogP contribution is -2.14. The average molecular weight is 627 g/mol. The molecule has 0 heterocycles. The van der Waals surface area contributed by atoms with Crippen LogP contribution in [0, 0.1) is 45.3 Å². The van der Waals surface area contributed by atoms with E-state index in [2.05, 4.69) is 0 Å². The highest BCUT2D eigenvalue weighted by Gasteiger charge is 2.18. The van der Waals surface area contributed by atoms with Gasteiger partial charge in [-0.3, -0.25) is 9.59 Å². The maximum absolute atomic E-state index is 12.0. The van der Waals surface area contributed by atoms with Gasteiger partial charge in [0.25, 0.3) is 0 Å². The van der Waals surface area contributed by atoms with E-state index < -0.39 is 23.5 Å². The van der Waals surface area contributed by atoms with Crippen molar-refractivity contribution in [1.82, 2.24) is 0 Å². The zero-order valence-electron chi connectivity index (χ0n) is 25.2. The Hall–Kier alpha value is -6.24. The van der Waals surface area contributed by atoms with E-state index in [1.54, 1.807) is 24.3 Å². The van der Waals surface area contributed by atoms with E-state index in [1.165, 1.54) is 52.4 Å². The number of hydrogen-bond acceptors (Lipinski definition) is 12. The fourth-order valence-corrected chi connectivity index (χ4v) is 3.38. The molecule has 238 valence electrons. The smallest absolute Gasteiger partial charge is 0.341 e. The SMILES string of the molecule is C.COc1cc(C#N)ccc1/C=C(/C(C)=O)C(=O)OCCCC#N.COc1cc(C#N)ccc1/C=C(\C(C)=O)C(=O)OCCC#N. The number of ether oxygens (including phenoxy) is 4. The van der Waals surface area contributed by atoms with Crippen LogP contribution < -0.4 is 9.47 Å². The van der Waals surface area contributed by atoms with Gasteiger partial charge in [0.05, 0.1) is 62.7 Å². The van der Waals surface area contributed by atoms with E-state index in [0.717, 1.165) is 0 Å². The second-order valence-corrected chi connectivity index (χ2v) is 8.81. The number of methoxy groups -OCH3 is 2. The van der Waals surface area contributed by atoms with Gasteiger partial charge in [-0.15, -0.1) is 0 Å². The molecule has 12 nitrogen and oxygen atoms in total. The van der Waals surface area contributed by atoms with Crippen molar-refractivity contribution in [2.75, 3.05) is 27.4 Å². The molecule has 0 aliphatic carbocycles. The lowest BCUT2D eigenvalue weighted by molar-refractivity contribution is -0.141. The van der Waals surface area contributed by atoms with Gasteiger partial charge in [-0.05, 0) is 68.8 Å². The van der Waals surface area contributed by atoms with Gasteiger partial charge < -0.3 is 18.9 Å². The number of benzene rings is 2. The van der Waals surface area contributed by atoms with E-state index in [4.69, 9.17) is 40.0 Å². The number of carbonyl (C=O) groups is 4. The number of esters is 2. The van der Waals surface area contributed by atoms with Crippen LogP contribution in [0.1, 0.15) is 62.8 Å². The topological polar surface area (TPSA) is 200 Å². The predicted octanol–water partition coefficient (Wildman–Crippen LogP) is 5.02. The molecule has 2 aromatic carbocycles. The number of nitriles is 4. The van der Waals surface area contributed by atoms with Crippen LogP contribution in [0.25, 0.3) is 12.2 Å². The third-order valence-corrected chi connectivity index (χ3v) is 5.64. The molecule has 0 aliphatic rings. The van der Waals surface area contributed by atoms with Crippen molar-refractivity contribution in [2.45, 2.75) is 40.5 Å². The van der Waals surface area contributed by atoms with E-state index >= 15 is 0 Å². The number of rotatable bonds is 13. The summed E-state index contributed by atoms with van der Waals surface area (Å²) in [6.45, 7) is 2.50. The predicted molar refractivity (Wildman–Crippen MR) is 166 cm³/mol. The minimum absolute atomic E-state index is 0. The van der Waals surface area contributed by atoms with E-state index in [0.29, 0.717) is 40.2 Å². The van der Waals surface area contributed by atoms with Crippen LogP contribution in [0.2, 0.25) is 0 Å². The summed E-state index contributed by atoms with van der Waals surface area (Å²) in [6, 6.07) is 17.0. The summed E-state index contributed by atoms with van der Waals surface area (Å²) < 4.78 is 20.1. The highest BCUT2D eigenvalue weighted by molar-refractivity contribution is 6.20. The zero-order chi connectivity index (χ0) is 33.8. The number of ketones is 2. The minimum atomic E-state index is -0.797. The maximum atomic E-state index is 12.0. The molecule has 2 rings (SSSR count). The van der Waals surface area contributed by atoms with E-state index in [1.807, 2.05) is 24.3 Å². The van der Waals surface area contributed by atoms with E-state index in [-0.39, 0.29) is 44.6 Å². The van der Waals surface area contributed by atoms with Gasteiger partial charge in [-0.2, -0.15) is 21.0 Å². The molecule has 0 bridgehead atoms. The molecule has 0 spiro atoms. The number of nitrogens with zero attached hydrogens (tertiary/aromatic N) is 4. The van der Waals surface area contributed by atoms with Crippen LogP contribution in [-0.2, 0) is 28.7 Å². The quantitative estimate of drug-likeness (QED) is 0.0946. The van der Waals surface area contributed by atoms with Crippen LogP contribution >= 0.6 is 0 Å². The van der Waals surface area contributed by atoms with Crippen LogP contribution in [-0.4, -0.2) is 50.9 Å². The van der Waals surface area contributed by atoms with Crippen molar-refractivity contribution >= 4 is 35.7 Å². The molecule has 0 amide bonds. The third kappa shape index (κ3) is 13.0. The maximum Gasteiger partial charge on any atom is 0.341 e. The Morgan fingerprint density at radius 2 is 1.09 bits per heavy atom. The fraction of sp³-hybridized carbons (Fsp3) is 0.294. The molecule has 0 aromatic heterocycles. The van der Waals surface area contributed by atoms with Gasteiger partial charge in [-0.25, -0.2) is 9.59 Å². The Kier molecular flexibility index (Phi) is 18.5. The van der Waals surface area contributed by atoms with E-state index in [9.17, 15) is 19.2 Å². The van der Waals surface area contributed by atoms with Crippen LogP contribution in [0.4, 0.5) is 0 Å². The third-order valence-electron chi connectivity index (χ3n) is 5.64. The lowest BCUT2D eigenvalue weighted by Gasteiger charge is -2.08. The molecule has 0 aliphatic heterocycles. The van der Waals surface area contributed by atoms with Gasteiger partial charge >= 0.3 is 11.9 Å².